The second-order valence-corrected chi connectivity index (χ2v) is 9.25. The number of benzene rings is 1. The third-order valence-electron chi connectivity index (χ3n) is 5.32. The van der Waals surface area contributed by atoms with Gasteiger partial charge in [-0.25, -0.2) is 8.42 Å². The minimum absolute atomic E-state index is 0.0395. The van der Waals surface area contributed by atoms with E-state index in [9.17, 15) is 13.2 Å². The fraction of sp³-hybridized carbons (Fsp3) is 0.421. The van der Waals surface area contributed by atoms with Gasteiger partial charge in [0.2, 0.25) is 0 Å². The predicted molar refractivity (Wildman–Crippen MR) is 100 cm³/mol. The highest BCUT2D eigenvalue weighted by Gasteiger charge is 2.34. The van der Waals surface area contributed by atoms with Crippen LogP contribution in [0.2, 0.25) is 0 Å². The molecule has 1 amide bonds. The van der Waals surface area contributed by atoms with E-state index in [2.05, 4.69) is 4.90 Å². The molecule has 7 heteroatoms. The van der Waals surface area contributed by atoms with Gasteiger partial charge in [0.25, 0.3) is 5.91 Å². The van der Waals surface area contributed by atoms with Crippen LogP contribution in [0, 0.1) is 0 Å². The number of hydrogen-bond donors (Lipinski definition) is 0. The standard InChI is InChI=1S/C19H23N3O3S/c23-19(16-4-3-5-17(14-16)20-7-1-2-8-20)22-11-9-21(10-12-22)18-6-13-26(24,25)15-18/h1-5,7-8,14,18H,6,9-13,15H2. The van der Waals surface area contributed by atoms with Crippen LogP contribution in [0.4, 0.5) is 0 Å². The van der Waals surface area contributed by atoms with Crippen LogP contribution in [-0.2, 0) is 9.84 Å². The van der Waals surface area contributed by atoms with Gasteiger partial charge in [-0.1, -0.05) is 6.07 Å². The van der Waals surface area contributed by atoms with Crippen molar-refractivity contribution in [2.24, 2.45) is 0 Å². The van der Waals surface area contributed by atoms with Gasteiger partial charge in [0.15, 0.2) is 9.84 Å². The highest BCUT2D eigenvalue weighted by Crippen LogP contribution is 2.20. The maximum Gasteiger partial charge on any atom is 0.254 e. The van der Waals surface area contributed by atoms with Crippen molar-refractivity contribution in [3.63, 3.8) is 0 Å². The average molecular weight is 373 g/mol. The lowest BCUT2D eigenvalue weighted by atomic mass is 10.1. The highest BCUT2D eigenvalue weighted by molar-refractivity contribution is 7.91. The highest BCUT2D eigenvalue weighted by atomic mass is 32.2. The molecule has 1 unspecified atom stereocenters. The third kappa shape index (κ3) is 3.54. The lowest BCUT2D eigenvalue weighted by molar-refractivity contribution is 0.0588. The van der Waals surface area contributed by atoms with Crippen LogP contribution in [-0.4, -0.2) is 72.4 Å². The van der Waals surface area contributed by atoms with Crippen molar-refractivity contribution >= 4 is 15.7 Å². The Morgan fingerprint density at radius 3 is 2.38 bits per heavy atom. The molecule has 1 atom stereocenters. The first-order valence-corrected chi connectivity index (χ1v) is 10.8. The largest absolute Gasteiger partial charge is 0.336 e. The molecule has 0 saturated carbocycles. The molecule has 2 aliphatic rings. The van der Waals surface area contributed by atoms with Crippen LogP contribution in [0.5, 0.6) is 0 Å². The molecule has 1 aromatic heterocycles. The van der Waals surface area contributed by atoms with Crippen LogP contribution >= 0.6 is 0 Å². The SMILES string of the molecule is O=C(c1cccc(-n2cccc2)c1)N1CCN(C2CCS(=O)(=O)C2)CC1. The number of nitrogens with zero attached hydrogens (tertiary/aromatic N) is 3. The van der Waals surface area contributed by atoms with E-state index < -0.39 is 9.84 Å². The zero-order valence-electron chi connectivity index (χ0n) is 14.6. The number of sulfone groups is 1. The van der Waals surface area contributed by atoms with E-state index in [4.69, 9.17) is 0 Å². The van der Waals surface area contributed by atoms with E-state index in [1.807, 2.05) is 58.3 Å². The van der Waals surface area contributed by atoms with Crippen LogP contribution in [0.25, 0.3) is 5.69 Å². The summed E-state index contributed by atoms with van der Waals surface area (Å²) in [5, 5.41) is 0. The topological polar surface area (TPSA) is 62.6 Å². The van der Waals surface area contributed by atoms with Crippen molar-refractivity contribution in [2.75, 3.05) is 37.7 Å². The Hall–Kier alpha value is -2.12. The van der Waals surface area contributed by atoms with Gasteiger partial charge in [0, 0.05) is 55.9 Å². The van der Waals surface area contributed by atoms with E-state index in [1.54, 1.807) is 0 Å². The second kappa shape index (κ2) is 6.89. The van der Waals surface area contributed by atoms with Crippen molar-refractivity contribution in [3.8, 4) is 5.69 Å². The van der Waals surface area contributed by atoms with Crippen LogP contribution in [0.15, 0.2) is 48.8 Å². The third-order valence-corrected chi connectivity index (χ3v) is 7.07. The number of carbonyl (C=O) groups is 1. The van der Waals surface area contributed by atoms with Gasteiger partial charge in [-0.15, -0.1) is 0 Å². The maximum atomic E-state index is 12.9. The van der Waals surface area contributed by atoms with Gasteiger partial charge in [0.05, 0.1) is 11.5 Å². The van der Waals surface area contributed by atoms with Crippen molar-refractivity contribution < 1.29 is 13.2 Å². The Balaban J connectivity index is 1.40. The average Bonchev–Trinajstić information content (AvgIpc) is 3.31. The van der Waals surface area contributed by atoms with E-state index in [1.165, 1.54) is 0 Å². The quantitative estimate of drug-likeness (QED) is 0.816. The Bertz CT molecular complexity index is 885. The Morgan fingerprint density at radius 2 is 1.73 bits per heavy atom. The van der Waals surface area contributed by atoms with E-state index >= 15 is 0 Å². The first-order valence-electron chi connectivity index (χ1n) is 8.99. The zero-order valence-corrected chi connectivity index (χ0v) is 15.4. The number of piperazine rings is 1. The molecule has 2 aliphatic heterocycles. The number of hydrogen-bond acceptors (Lipinski definition) is 4. The van der Waals surface area contributed by atoms with Gasteiger partial charge in [-0.3, -0.25) is 9.69 Å². The number of aromatic nitrogens is 1. The summed E-state index contributed by atoms with van der Waals surface area (Å²) in [6.45, 7) is 2.76. The molecule has 1 aromatic carbocycles. The van der Waals surface area contributed by atoms with E-state index in [0.29, 0.717) is 24.4 Å². The first-order chi connectivity index (χ1) is 12.5. The molecule has 3 heterocycles. The van der Waals surface area contributed by atoms with E-state index in [-0.39, 0.29) is 17.7 Å². The molecule has 2 fully saturated rings. The lowest BCUT2D eigenvalue weighted by Gasteiger charge is -2.37. The molecule has 0 aliphatic carbocycles. The molecule has 138 valence electrons. The van der Waals surface area contributed by atoms with Crippen LogP contribution < -0.4 is 0 Å². The van der Waals surface area contributed by atoms with Crippen LogP contribution in [0.3, 0.4) is 0 Å². The Labute approximate surface area is 153 Å². The van der Waals surface area contributed by atoms with Crippen molar-refractivity contribution in [2.45, 2.75) is 12.5 Å². The van der Waals surface area contributed by atoms with Crippen LogP contribution in [0.1, 0.15) is 16.8 Å². The minimum atomic E-state index is -2.87. The molecule has 0 spiro atoms. The summed E-state index contributed by atoms with van der Waals surface area (Å²) < 4.78 is 25.3. The number of carbonyl (C=O) groups excluding carboxylic acids is 1. The fourth-order valence-electron chi connectivity index (χ4n) is 3.84. The summed E-state index contributed by atoms with van der Waals surface area (Å²) in [4.78, 5) is 17.0. The Morgan fingerprint density at radius 1 is 1.00 bits per heavy atom. The van der Waals surface area contributed by atoms with Crippen molar-refractivity contribution in [1.82, 2.24) is 14.4 Å². The molecule has 6 nitrogen and oxygen atoms in total. The maximum absolute atomic E-state index is 12.9. The monoisotopic (exact) mass is 373 g/mol. The molecule has 0 radical (unpaired) electrons. The minimum Gasteiger partial charge on any atom is -0.336 e. The molecule has 4 rings (SSSR count). The Kier molecular flexibility index (Phi) is 4.58. The summed E-state index contributed by atoms with van der Waals surface area (Å²) in [7, 11) is -2.87. The molecule has 2 aromatic rings. The summed E-state index contributed by atoms with van der Waals surface area (Å²) in [6, 6.07) is 11.7. The first kappa shape index (κ1) is 17.3. The van der Waals surface area contributed by atoms with Gasteiger partial charge in [-0.2, -0.15) is 0 Å². The van der Waals surface area contributed by atoms with Gasteiger partial charge >= 0.3 is 0 Å². The molecular formula is C19H23N3O3S. The summed E-state index contributed by atoms with van der Waals surface area (Å²) in [6.07, 6.45) is 4.63. The number of amides is 1. The number of rotatable bonds is 3. The van der Waals surface area contributed by atoms with Gasteiger partial charge < -0.3 is 9.47 Å². The van der Waals surface area contributed by atoms with Gasteiger partial charge in [-0.05, 0) is 36.8 Å². The predicted octanol–water partition coefficient (Wildman–Crippen LogP) is 1.42. The zero-order chi connectivity index (χ0) is 18.1. The van der Waals surface area contributed by atoms with E-state index in [0.717, 1.165) is 25.2 Å². The molecule has 2 saturated heterocycles. The summed E-state index contributed by atoms with van der Waals surface area (Å²) >= 11 is 0. The normalized spacial score (nSPS) is 23.2. The fourth-order valence-corrected chi connectivity index (χ4v) is 5.60. The smallest absolute Gasteiger partial charge is 0.254 e. The second-order valence-electron chi connectivity index (χ2n) is 7.03. The molecular weight excluding hydrogens is 350 g/mol. The van der Waals surface area contributed by atoms with Crippen molar-refractivity contribution in [1.29, 1.82) is 0 Å². The molecule has 0 bridgehead atoms. The summed E-state index contributed by atoms with van der Waals surface area (Å²) in [5.74, 6) is 0.598. The lowest BCUT2D eigenvalue weighted by Crippen LogP contribution is -2.52. The van der Waals surface area contributed by atoms with Crippen molar-refractivity contribution in [3.05, 3.63) is 54.4 Å². The van der Waals surface area contributed by atoms with Gasteiger partial charge in [0.1, 0.15) is 0 Å². The molecule has 0 N–H and O–H groups in total. The molecule has 26 heavy (non-hydrogen) atoms. The summed E-state index contributed by atoms with van der Waals surface area (Å²) in [5.41, 5.74) is 1.66.